The molecule has 0 saturated heterocycles. The summed E-state index contributed by atoms with van der Waals surface area (Å²) in [6, 6.07) is 32.4. The van der Waals surface area contributed by atoms with E-state index in [1.54, 1.807) is 0 Å². The minimum absolute atomic E-state index is 0.312. The molecule has 0 aliphatic rings. The lowest BCUT2D eigenvalue weighted by Crippen LogP contribution is -2.24. The third kappa shape index (κ3) is 7.04. The molecule has 5 aromatic rings. The Labute approximate surface area is 242 Å². The molecule has 4 aromatic carbocycles. The molecule has 1 aromatic heterocycles. The van der Waals surface area contributed by atoms with Gasteiger partial charge in [-0.25, -0.2) is 9.78 Å². The van der Waals surface area contributed by atoms with E-state index in [0.717, 1.165) is 64.1 Å². The van der Waals surface area contributed by atoms with Crippen molar-refractivity contribution in [2.24, 2.45) is 0 Å². The molecule has 210 valence electrons. The van der Waals surface area contributed by atoms with E-state index in [2.05, 4.69) is 60.0 Å². The van der Waals surface area contributed by atoms with E-state index < -0.39 is 5.60 Å². The lowest BCUT2D eigenvalue weighted by molar-refractivity contribution is 0.00704. The number of fused-ring (bicyclic) bond motifs is 1. The molecule has 0 aliphatic carbocycles. The Kier molecular flexibility index (Phi) is 8.53. The van der Waals surface area contributed by atoms with Crippen LogP contribution in [-0.2, 0) is 24.3 Å². The summed E-state index contributed by atoms with van der Waals surface area (Å²) >= 11 is 0. The van der Waals surface area contributed by atoms with E-state index in [4.69, 9.17) is 14.5 Å². The number of esters is 1. The minimum atomic E-state index is -0.552. The number of unbranched alkanes of at least 4 members (excludes halogenated alkanes) is 1. The van der Waals surface area contributed by atoms with Crippen LogP contribution in [-0.4, -0.2) is 21.1 Å². The fourth-order valence-electron chi connectivity index (χ4n) is 4.90. The fourth-order valence-corrected chi connectivity index (χ4v) is 4.90. The highest BCUT2D eigenvalue weighted by molar-refractivity contribution is 5.97. The van der Waals surface area contributed by atoms with Gasteiger partial charge >= 0.3 is 5.97 Å². The summed E-state index contributed by atoms with van der Waals surface area (Å²) in [4.78, 5) is 17.9. The predicted molar refractivity (Wildman–Crippen MR) is 165 cm³/mol. The van der Waals surface area contributed by atoms with Gasteiger partial charge in [-0.2, -0.15) is 0 Å². The van der Waals surface area contributed by atoms with Crippen LogP contribution in [0.15, 0.2) is 97.1 Å². The molecule has 1 heterocycles. The van der Waals surface area contributed by atoms with E-state index in [1.165, 1.54) is 0 Å². The van der Waals surface area contributed by atoms with Crippen LogP contribution in [0.4, 0.5) is 0 Å². The van der Waals surface area contributed by atoms with Crippen LogP contribution in [0.1, 0.15) is 67.8 Å². The summed E-state index contributed by atoms with van der Waals surface area (Å²) < 4.78 is 14.1. The van der Waals surface area contributed by atoms with Gasteiger partial charge in [-0.05, 0) is 67.6 Å². The van der Waals surface area contributed by atoms with Gasteiger partial charge in [-0.15, -0.1) is 0 Å². The topological polar surface area (TPSA) is 53.4 Å². The molecule has 0 saturated carbocycles. The first-order valence-corrected chi connectivity index (χ1v) is 14.4. The second-order valence-corrected chi connectivity index (χ2v) is 11.4. The molecule has 0 atom stereocenters. The van der Waals surface area contributed by atoms with Crippen molar-refractivity contribution >= 4 is 17.0 Å². The van der Waals surface area contributed by atoms with E-state index >= 15 is 0 Å². The average molecular weight is 547 g/mol. The minimum Gasteiger partial charge on any atom is -0.489 e. The van der Waals surface area contributed by atoms with Crippen LogP contribution < -0.4 is 4.74 Å². The number of carbonyl (C=O) groups excluding carboxylic acids is 1. The van der Waals surface area contributed by atoms with Crippen molar-refractivity contribution < 1.29 is 14.3 Å². The normalized spacial score (nSPS) is 11.5. The number of hydrogen-bond acceptors (Lipinski definition) is 4. The largest absolute Gasteiger partial charge is 0.489 e. The molecule has 0 fully saturated rings. The molecular weight excluding hydrogens is 508 g/mol. The van der Waals surface area contributed by atoms with Crippen LogP contribution in [0.25, 0.3) is 22.2 Å². The van der Waals surface area contributed by atoms with Gasteiger partial charge in [0.1, 0.15) is 23.8 Å². The molecular formula is C36H38N2O3. The van der Waals surface area contributed by atoms with Crippen molar-refractivity contribution in [3.05, 3.63) is 120 Å². The Morgan fingerprint density at radius 1 is 0.854 bits per heavy atom. The fraction of sp³-hybridized carbons (Fsp3) is 0.278. The summed E-state index contributed by atoms with van der Waals surface area (Å²) in [5.41, 5.74) is 6.21. The third-order valence-electron chi connectivity index (χ3n) is 6.95. The van der Waals surface area contributed by atoms with Gasteiger partial charge in [0, 0.05) is 19.0 Å². The number of aryl methyl sites for hydroxylation is 1. The number of benzene rings is 4. The first kappa shape index (κ1) is 28.2. The van der Waals surface area contributed by atoms with Crippen LogP contribution in [0.5, 0.6) is 5.75 Å². The first-order chi connectivity index (χ1) is 19.8. The predicted octanol–water partition coefficient (Wildman–Crippen LogP) is 8.63. The van der Waals surface area contributed by atoms with Gasteiger partial charge in [-0.1, -0.05) is 86.1 Å². The molecule has 5 nitrogen and oxygen atoms in total. The van der Waals surface area contributed by atoms with Gasteiger partial charge < -0.3 is 14.0 Å². The van der Waals surface area contributed by atoms with Crippen LogP contribution in [0, 0.1) is 0 Å². The van der Waals surface area contributed by atoms with Crippen molar-refractivity contribution in [1.82, 2.24) is 9.55 Å². The molecule has 0 spiro atoms. The second kappa shape index (κ2) is 12.4. The molecule has 0 unspecified atom stereocenters. The summed E-state index contributed by atoms with van der Waals surface area (Å²) in [6.45, 7) is 9.08. The van der Waals surface area contributed by atoms with Gasteiger partial charge in [0.2, 0.25) is 0 Å². The quantitative estimate of drug-likeness (QED) is 0.165. The number of nitrogens with zero attached hydrogens (tertiary/aromatic N) is 2. The second-order valence-electron chi connectivity index (χ2n) is 11.4. The van der Waals surface area contributed by atoms with Crippen LogP contribution in [0.2, 0.25) is 0 Å². The standard InChI is InChI=1S/C36H38N2O3/c1-5-6-16-34-37-32-22-21-29(40-25-27-12-8-7-9-13-27)23-33(32)38(34)24-26-17-19-28(20-18-26)30-14-10-11-15-31(30)35(39)41-36(2,3)4/h7-15,17-23H,5-6,16,24-25H2,1-4H3. The van der Waals surface area contributed by atoms with Gasteiger partial charge in [0.25, 0.3) is 0 Å². The van der Waals surface area contributed by atoms with Gasteiger partial charge in [0.05, 0.1) is 16.6 Å². The maximum Gasteiger partial charge on any atom is 0.339 e. The highest BCUT2D eigenvalue weighted by atomic mass is 16.6. The number of ether oxygens (including phenoxy) is 2. The zero-order valence-corrected chi connectivity index (χ0v) is 24.4. The molecule has 0 aliphatic heterocycles. The summed E-state index contributed by atoms with van der Waals surface area (Å²) in [5.74, 6) is 1.60. The Morgan fingerprint density at radius 2 is 1.59 bits per heavy atom. The van der Waals surface area contributed by atoms with E-state index in [-0.39, 0.29) is 5.97 Å². The maximum absolute atomic E-state index is 12.9. The van der Waals surface area contributed by atoms with Gasteiger partial charge in [0.15, 0.2) is 0 Å². The lowest BCUT2D eigenvalue weighted by atomic mass is 9.98. The highest BCUT2D eigenvalue weighted by Crippen LogP contribution is 2.28. The van der Waals surface area contributed by atoms with Crippen molar-refractivity contribution in [1.29, 1.82) is 0 Å². The number of hydrogen-bond donors (Lipinski definition) is 0. The third-order valence-corrected chi connectivity index (χ3v) is 6.95. The van der Waals surface area contributed by atoms with Crippen LogP contribution >= 0.6 is 0 Å². The maximum atomic E-state index is 12.9. The molecule has 5 rings (SSSR count). The Morgan fingerprint density at radius 3 is 2.32 bits per heavy atom. The molecule has 0 bridgehead atoms. The monoisotopic (exact) mass is 546 g/mol. The Balaban J connectivity index is 1.41. The number of carbonyl (C=O) groups is 1. The van der Waals surface area contributed by atoms with Gasteiger partial charge in [-0.3, -0.25) is 0 Å². The van der Waals surface area contributed by atoms with Crippen molar-refractivity contribution in [2.45, 2.75) is 65.7 Å². The highest BCUT2D eigenvalue weighted by Gasteiger charge is 2.21. The molecule has 0 amide bonds. The Bertz CT molecular complexity index is 1610. The van der Waals surface area contributed by atoms with Crippen molar-refractivity contribution in [3.63, 3.8) is 0 Å². The molecule has 0 N–H and O–H groups in total. The van der Waals surface area contributed by atoms with E-state index in [0.29, 0.717) is 18.7 Å². The van der Waals surface area contributed by atoms with Crippen LogP contribution in [0.3, 0.4) is 0 Å². The summed E-state index contributed by atoms with van der Waals surface area (Å²) in [5, 5.41) is 0. The van der Waals surface area contributed by atoms with E-state index in [9.17, 15) is 4.79 Å². The van der Waals surface area contributed by atoms with Crippen molar-refractivity contribution in [2.75, 3.05) is 0 Å². The zero-order chi connectivity index (χ0) is 28.8. The SMILES string of the molecule is CCCCc1nc2ccc(OCc3ccccc3)cc2n1Cc1ccc(-c2ccccc2C(=O)OC(C)(C)C)cc1. The van der Waals surface area contributed by atoms with Crippen molar-refractivity contribution in [3.8, 4) is 16.9 Å². The Hall–Kier alpha value is -4.38. The molecule has 41 heavy (non-hydrogen) atoms. The first-order valence-electron chi connectivity index (χ1n) is 14.4. The lowest BCUT2D eigenvalue weighted by Gasteiger charge is -2.20. The summed E-state index contributed by atoms with van der Waals surface area (Å²) in [6.07, 6.45) is 3.12. The number of imidazole rings is 1. The average Bonchev–Trinajstić information content (AvgIpc) is 3.31. The smallest absolute Gasteiger partial charge is 0.339 e. The molecule has 0 radical (unpaired) electrons. The zero-order valence-electron chi connectivity index (χ0n) is 24.4. The van der Waals surface area contributed by atoms with E-state index in [1.807, 2.05) is 69.3 Å². The molecule has 5 heteroatoms. The number of rotatable bonds is 10. The summed E-state index contributed by atoms with van der Waals surface area (Å²) in [7, 11) is 0. The number of aromatic nitrogens is 2.